The van der Waals surface area contributed by atoms with Gasteiger partial charge in [-0.1, -0.05) is 6.92 Å². The number of amides is 1. The molecule has 0 unspecified atom stereocenters. The van der Waals surface area contributed by atoms with Gasteiger partial charge in [0.05, 0.1) is 6.61 Å². The summed E-state index contributed by atoms with van der Waals surface area (Å²) >= 11 is 0. The third kappa shape index (κ3) is 6.50. The van der Waals surface area contributed by atoms with Crippen LogP contribution < -0.4 is 4.74 Å². The third-order valence-corrected chi connectivity index (χ3v) is 3.23. The molecular formula is C17H23NO5. The summed E-state index contributed by atoms with van der Waals surface area (Å²) < 4.78 is 5.31. The van der Waals surface area contributed by atoms with Gasteiger partial charge in [-0.2, -0.15) is 0 Å². The van der Waals surface area contributed by atoms with Crippen LogP contribution in [0.3, 0.4) is 0 Å². The van der Waals surface area contributed by atoms with Gasteiger partial charge >= 0.3 is 5.97 Å². The predicted molar refractivity (Wildman–Crippen MR) is 85.7 cm³/mol. The Bertz CT molecular complexity index is 538. The number of ketones is 1. The van der Waals surface area contributed by atoms with Crippen LogP contribution in [0.25, 0.3) is 0 Å². The smallest absolute Gasteiger partial charge is 0.323 e. The van der Waals surface area contributed by atoms with Crippen LogP contribution in [0.2, 0.25) is 0 Å². The molecule has 0 aliphatic carbocycles. The van der Waals surface area contributed by atoms with Crippen LogP contribution in [-0.4, -0.2) is 47.4 Å². The molecule has 6 nitrogen and oxygen atoms in total. The highest BCUT2D eigenvalue weighted by Crippen LogP contribution is 2.14. The van der Waals surface area contributed by atoms with Gasteiger partial charge in [-0.25, -0.2) is 0 Å². The van der Waals surface area contributed by atoms with Gasteiger partial charge in [0.1, 0.15) is 12.3 Å². The van der Waals surface area contributed by atoms with E-state index in [1.807, 2.05) is 13.8 Å². The summed E-state index contributed by atoms with van der Waals surface area (Å²) in [6.45, 7) is 4.35. The van der Waals surface area contributed by atoms with E-state index < -0.39 is 5.97 Å². The van der Waals surface area contributed by atoms with Gasteiger partial charge in [0.2, 0.25) is 5.91 Å². The fourth-order valence-corrected chi connectivity index (χ4v) is 2.15. The van der Waals surface area contributed by atoms with Crippen LogP contribution >= 0.6 is 0 Å². The van der Waals surface area contributed by atoms with E-state index >= 15 is 0 Å². The van der Waals surface area contributed by atoms with E-state index in [4.69, 9.17) is 9.84 Å². The lowest BCUT2D eigenvalue weighted by Crippen LogP contribution is -2.36. The molecule has 1 N–H and O–H groups in total. The van der Waals surface area contributed by atoms with E-state index in [0.29, 0.717) is 30.9 Å². The average molecular weight is 321 g/mol. The molecule has 1 rings (SSSR count). The van der Waals surface area contributed by atoms with E-state index in [1.165, 1.54) is 4.90 Å². The van der Waals surface area contributed by atoms with Crippen molar-refractivity contribution < 1.29 is 24.2 Å². The monoisotopic (exact) mass is 321 g/mol. The maximum Gasteiger partial charge on any atom is 0.323 e. The number of carbonyl (C=O) groups excluding carboxylic acids is 2. The van der Waals surface area contributed by atoms with Crippen LogP contribution in [0, 0.1) is 0 Å². The Balaban J connectivity index is 2.56. The number of Topliss-reactive ketones (excluding diaryl/α,β-unsaturated/α-hetero) is 1. The highest BCUT2D eigenvalue weighted by atomic mass is 16.5. The zero-order valence-electron chi connectivity index (χ0n) is 13.6. The summed E-state index contributed by atoms with van der Waals surface area (Å²) in [5.74, 6) is -0.818. The molecule has 0 radical (unpaired) electrons. The van der Waals surface area contributed by atoms with Gasteiger partial charge in [-0.3, -0.25) is 14.4 Å². The second-order valence-corrected chi connectivity index (χ2v) is 5.09. The summed E-state index contributed by atoms with van der Waals surface area (Å²) in [5, 5.41) is 8.81. The quantitative estimate of drug-likeness (QED) is 0.669. The van der Waals surface area contributed by atoms with Crippen molar-refractivity contribution in [2.45, 2.75) is 33.1 Å². The predicted octanol–water partition coefficient (Wildman–Crippen LogP) is 2.37. The van der Waals surface area contributed by atoms with E-state index in [-0.39, 0.29) is 31.1 Å². The molecule has 23 heavy (non-hydrogen) atoms. The number of ether oxygens (including phenoxy) is 1. The molecule has 0 heterocycles. The molecule has 0 fully saturated rings. The number of carboxylic acids is 1. The first-order valence-corrected chi connectivity index (χ1v) is 7.73. The maximum atomic E-state index is 12.1. The Morgan fingerprint density at radius 2 is 1.74 bits per heavy atom. The minimum Gasteiger partial charge on any atom is -0.494 e. The lowest BCUT2D eigenvalue weighted by atomic mass is 10.1. The van der Waals surface area contributed by atoms with Crippen LogP contribution in [0.5, 0.6) is 5.75 Å². The van der Waals surface area contributed by atoms with Gasteiger partial charge < -0.3 is 14.7 Å². The summed E-state index contributed by atoms with van der Waals surface area (Å²) in [6.07, 6.45) is 0.748. The van der Waals surface area contributed by atoms with Gasteiger partial charge in [-0.15, -0.1) is 0 Å². The topological polar surface area (TPSA) is 83.9 Å². The minimum atomic E-state index is -1.05. The number of rotatable bonds is 10. The fourth-order valence-electron chi connectivity index (χ4n) is 2.15. The number of carboxylic acid groups (broad SMARTS) is 1. The van der Waals surface area contributed by atoms with E-state index in [9.17, 15) is 14.4 Å². The fraction of sp³-hybridized carbons (Fsp3) is 0.471. The Labute approximate surface area is 136 Å². The van der Waals surface area contributed by atoms with Crippen LogP contribution in [0.1, 0.15) is 43.5 Å². The minimum absolute atomic E-state index is 0.0132. The number of carbonyl (C=O) groups is 3. The van der Waals surface area contributed by atoms with Crippen LogP contribution in [0.4, 0.5) is 0 Å². The normalized spacial score (nSPS) is 10.2. The van der Waals surface area contributed by atoms with Crippen molar-refractivity contribution in [3.8, 4) is 5.75 Å². The van der Waals surface area contributed by atoms with Crippen LogP contribution in [-0.2, 0) is 9.59 Å². The molecule has 1 amide bonds. The molecule has 0 spiro atoms. The Morgan fingerprint density at radius 3 is 2.26 bits per heavy atom. The second kappa shape index (κ2) is 9.61. The van der Waals surface area contributed by atoms with E-state index in [0.717, 1.165) is 0 Å². The van der Waals surface area contributed by atoms with Crippen molar-refractivity contribution in [2.24, 2.45) is 0 Å². The second-order valence-electron chi connectivity index (χ2n) is 5.09. The molecule has 1 aromatic carbocycles. The first kappa shape index (κ1) is 18.7. The highest BCUT2D eigenvalue weighted by Gasteiger charge is 2.17. The molecule has 0 aliphatic heterocycles. The Morgan fingerprint density at radius 1 is 1.09 bits per heavy atom. The largest absolute Gasteiger partial charge is 0.494 e. The van der Waals surface area contributed by atoms with Crippen molar-refractivity contribution in [1.29, 1.82) is 0 Å². The van der Waals surface area contributed by atoms with Crippen molar-refractivity contribution in [2.75, 3.05) is 19.7 Å². The summed E-state index contributed by atoms with van der Waals surface area (Å²) in [4.78, 5) is 36.2. The van der Waals surface area contributed by atoms with Gasteiger partial charge in [-0.05, 0) is 37.6 Å². The molecular weight excluding hydrogens is 298 g/mol. The first-order valence-electron chi connectivity index (χ1n) is 7.73. The molecule has 0 saturated heterocycles. The Hall–Kier alpha value is -2.37. The summed E-state index contributed by atoms with van der Waals surface area (Å²) in [5.41, 5.74) is 0.515. The van der Waals surface area contributed by atoms with E-state index in [2.05, 4.69) is 0 Å². The van der Waals surface area contributed by atoms with Crippen molar-refractivity contribution in [3.63, 3.8) is 0 Å². The number of nitrogens with zero attached hydrogens (tertiary/aromatic N) is 1. The summed E-state index contributed by atoms with van der Waals surface area (Å²) in [7, 11) is 0. The molecule has 1 aromatic rings. The molecule has 6 heteroatoms. The lowest BCUT2D eigenvalue weighted by Gasteiger charge is -2.19. The molecule has 0 atom stereocenters. The zero-order chi connectivity index (χ0) is 17.2. The molecule has 0 saturated carbocycles. The summed E-state index contributed by atoms with van der Waals surface area (Å²) in [6, 6.07) is 6.76. The molecule has 126 valence electrons. The standard InChI is InChI=1S/C17H23NO5/c1-3-11-18(12-17(21)22)16(20)10-9-15(19)13-5-7-14(8-6-13)23-4-2/h5-8H,3-4,9-12H2,1-2H3,(H,21,22). The van der Waals surface area contributed by atoms with Gasteiger partial charge in [0.15, 0.2) is 5.78 Å². The van der Waals surface area contributed by atoms with Gasteiger partial charge in [0.25, 0.3) is 0 Å². The third-order valence-electron chi connectivity index (χ3n) is 3.23. The molecule has 0 bridgehead atoms. The zero-order valence-corrected chi connectivity index (χ0v) is 13.6. The van der Waals surface area contributed by atoms with Gasteiger partial charge in [0, 0.05) is 24.9 Å². The Kier molecular flexibility index (Phi) is 7.80. The van der Waals surface area contributed by atoms with Crippen molar-refractivity contribution >= 4 is 17.7 Å². The van der Waals surface area contributed by atoms with Crippen molar-refractivity contribution in [1.82, 2.24) is 4.90 Å². The molecule has 0 aliphatic rings. The SMILES string of the molecule is CCCN(CC(=O)O)C(=O)CCC(=O)c1ccc(OCC)cc1. The van der Waals surface area contributed by atoms with Crippen LogP contribution in [0.15, 0.2) is 24.3 Å². The number of benzene rings is 1. The number of aliphatic carboxylic acids is 1. The first-order chi connectivity index (χ1) is 11.0. The number of hydrogen-bond donors (Lipinski definition) is 1. The van der Waals surface area contributed by atoms with E-state index in [1.54, 1.807) is 24.3 Å². The molecule has 0 aromatic heterocycles. The van der Waals surface area contributed by atoms with Crippen molar-refractivity contribution in [3.05, 3.63) is 29.8 Å². The lowest BCUT2D eigenvalue weighted by molar-refractivity contribution is -0.144. The highest BCUT2D eigenvalue weighted by molar-refractivity contribution is 5.98. The average Bonchev–Trinajstić information content (AvgIpc) is 2.52. The maximum absolute atomic E-state index is 12.1. The number of hydrogen-bond acceptors (Lipinski definition) is 4.